The summed E-state index contributed by atoms with van der Waals surface area (Å²) in [7, 11) is 0. The van der Waals surface area contributed by atoms with Crippen molar-refractivity contribution in [3.05, 3.63) is 53.6 Å². The molecule has 178 valence electrons. The SMILES string of the molecule is CCO[C@@]1(C)C(=O)N(Cc2ccc3c(N)ncnc3c2)CCN1C(=O)CNc1ccc(Cl)nc1. The van der Waals surface area contributed by atoms with Crippen molar-refractivity contribution in [1.82, 2.24) is 24.8 Å². The van der Waals surface area contributed by atoms with Crippen LogP contribution in [0.25, 0.3) is 10.9 Å². The number of nitrogens with one attached hydrogen (secondary N) is 1. The molecule has 0 unspecified atom stereocenters. The minimum atomic E-state index is -1.41. The average Bonchev–Trinajstić information content (AvgIpc) is 2.82. The van der Waals surface area contributed by atoms with Crippen molar-refractivity contribution >= 4 is 45.8 Å². The summed E-state index contributed by atoms with van der Waals surface area (Å²) in [6.07, 6.45) is 2.96. The number of fused-ring (bicyclic) bond motifs is 1. The summed E-state index contributed by atoms with van der Waals surface area (Å²) in [4.78, 5) is 42.0. The van der Waals surface area contributed by atoms with Gasteiger partial charge in [-0.15, -0.1) is 0 Å². The maximum Gasteiger partial charge on any atom is 0.276 e. The molecule has 4 rings (SSSR count). The number of nitrogen functional groups attached to an aromatic ring is 1. The van der Waals surface area contributed by atoms with Crippen molar-refractivity contribution in [3.63, 3.8) is 0 Å². The Bertz CT molecular complexity index is 1210. The Balaban J connectivity index is 1.48. The van der Waals surface area contributed by atoms with Gasteiger partial charge >= 0.3 is 0 Å². The van der Waals surface area contributed by atoms with Crippen LogP contribution in [0.15, 0.2) is 42.9 Å². The highest BCUT2D eigenvalue weighted by molar-refractivity contribution is 6.29. The smallest absolute Gasteiger partial charge is 0.276 e. The molecule has 1 atom stereocenters. The molecule has 1 fully saturated rings. The van der Waals surface area contributed by atoms with Crippen LogP contribution >= 0.6 is 11.6 Å². The van der Waals surface area contributed by atoms with Gasteiger partial charge in [0, 0.05) is 31.6 Å². The minimum absolute atomic E-state index is 0.00887. The molecule has 10 nitrogen and oxygen atoms in total. The van der Waals surface area contributed by atoms with Gasteiger partial charge in [0.1, 0.15) is 17.3 Å². The molecule has 1 aliphatic heterocycles. The maximum absolute atomic E-state index is 13.5. The number of nitrogens with two attached hydrogens (primary N) is 1. The maximum atomic E-state index is 13.5. The number of piperazine rings is 1. The fourth-order valence-corrected chi connectivity index (χ4v) is 4.19. The molecule has 3 aromatic rings. The van der Waals surface area contributed by atoms with Crippen LogP contribution in [0.1, 0.15) is 19.4 Å². The number of carbonyl (C=O) groups excluding carboxylic acids is 2. The predicted octanol–water partition coefficient (Wildman–Crippen LogP) is 2.30. The highest BCUT2D eigenvalue weighted by Crippen LogP contribution is 2.27. The van der Waals surface area contributed by atoms with Crippen LogP contribution in [0, 0.1) is 0 Å². The number of pyridine rings is 1. The molecule has 1 aliphatic rings. The van der Waals surface area contributed by atoms with E-state index >= 15 is 0 Å². The molecule has 3 heterocycles. The lowest BCUT2D eigenvalue weighted by atomic mass is 10.1. The highest BCUT2D eigenvalue weighted by Gasteiger charge is 2.48. The second kappa shape index (κ2) is 9.78. The van der Waals surface area contributed by atoms with Gasteiger partial charge in [-0.05, 0) is 43.7 Å². The largest absolute Gasteiger partial charge is 0.383 e. The Labute approximate surface area is 202 Å². The van der Waals surface area contributed by atoms with Crippen LogP contribution < -0.4 is 11.1 Å². The quantitative estimate of drug-likeness (QED) is 0.490. The number of benzene rings is 1. The lowest BCUT2D eigenvalue weighted by Crippen LogP contribution is -2.67. The Morgan fingerprint density at radius 2 is 2.06 bits per heavy atom. The Morgan fingerprint density at radius 1 is 1.24 bits per heavy atom. The van der Waals surface area contributed by atoms with Crippen molar-refractivity contribution in [2.24, 2.45) is 0 Å². The summed E-state index contributed by atoms with van der Waals surface area (Å²) < 4.78 is 5.86. The molecular weight excluding hydrogens is 458 g/mol. The van der Waals surface area contributed by atoms with Crippen LogP contribution in [-0.2, 0) is 20.9 Å². The molecule has 11 heteroatoms. The molecule has 0 radical (unpaired) electrons. The fourth-order valence-electron chi connectivity index (χ4n) is 4.07. The van der Waals surface area contributed by atoms with Gasteiger partial charge in [-0.3, -0.25) is 9.59 Å². The molecule has 0 aliphatic carbocycles. The van der Waals surface area contributed by atoms with Crippen molar-refractivity contribution in [1.29, 1.82) is 0 Å². The van der Waals surface area contributed by atoms with Crippen molar-refractivity contribution < 1.29 is 14.3 Å². The van der Waals surface area contributed by atoms with E-state index in [2.05, 4.69) is 20.3 Å². The summed E-state index contributed by atoms with van der Waals surface area (Å²) in [6, 6.07) is 9.00. The van der Waals surface area contributed by atoms with E-state index in [0.29, 0.717) is 41.8 Å². The van der Waals surface area contributed by atoms with Crippen LogP contribution in [0.5, 0.6) is 0 Å². The lowest BCUT2D eigenvalue weighted by molar-refractivity contribution is -0.200. The first-order valence-corrected chi connectivity index (χ1v) is 11.3. The van der Waals surface area contributed by atoms with Gasteiger partial charge in [-0.1, -0.05) is 17.7 Å². The molecule has 3 N–H and O–H groups in total. The lowest BCUT2D eigenvalue weighted by Gasteiger charge is -2.47. The standard InChI is InChI=1S/C23H26ClN7O3/c1-3-34-23(2)22(33)30(13-15-4-6-17-18(10-15)28-14-29-21(17)25)8-9-31(23)20(32)12-26-16-5-7-19(24)27-11-16/h4-7,10-11,14,26H,3,8-9,12-13H2,1-2H3,(H2,25,28,29)/t23-/m0/s1. The molecule has 2 amide bonds. The normalized spacial score (nSPS) is 18.4. The second-order valence-electron chi connectivity index (χ2n) is 8.02. The summed E-state index contributed by atoms with van der Waals surface area (Å²) in [6.45, 7) is 4.78. The molecule has 2 aromatic heterocycles. The number of hydrogen-bond acceptors (Lipinski definition) is 8. The van der Waals surface area contributed by atoms with Gasteiger partial charge in [0.2, 0.25) is 11.6 Å². The molecule has 0 spiro atoms. The van der Waals surface area contributed by atoms with Crippen LogP contribution in [0.3, 0.4) is 0 Å². The number of amides is 2. The van der Waals surface area contributed by atoms with Crippen LogP contribution in [-0.4, -0.2) is 68.5 Å². The van der Waals surface area contributed by atoms with Gasteiger partial charge in [0.25, 0.3) is 5.91 Å². The van der Waals surface area contributed by atoms with E-state index < -0.39 is 5.72 Å². The average molecular weight is 484 g/mol. The number of rotatable bonds is 7. The minimum Gasteiger partial charge on any atom is -0.383 e. The van der Waals surface area contributed by atoms with Crippen molar-refractivity contribution in [3.8, 4) is 0 Å². The number of ether oxygens (including phenoxy) is 1. The number of nitrogens with zero attached hydrogens (tertiary/aromatic N) is 5. The molecule has 1 saturated heterocycles. The van der Waals surface area contributed by atoms with E-state index in [4.69, 9.17) is 22.1 Å². The van der Waals surface area contributed by atoms with E-state index in [0.717, 1.165) is 10.9 Å². The summed E-state index contributed by atoms with van der Waals surface area (Å²) >= 11 is 5.81. The third-order valence-corrected chi connectivity index (χ3v) is 6.02. The fraction of sp³-hybridized carbons (Fsp3) is 0.348. The molecule has 0 bridgehead atoms. The third kappa shape index (κ3) is 4.73. The molecule has 0 saturated carbocycles. The zero-order valence-corrected chi connectivity index (χ0v) is 19.7. The number of carbonyl (C=O) groups is 2. The number of hydrogen-bond donors (Lipinski definition) is 2. The van der Waals surface area contributed by atoms with Gasteiger partial charge in [-0.25, -0.2) is 15.0 Å². The van der Waals surface area contributed by atoms with Crippen molar-refractivity contribution in [2.75, 3.05) is 37.3 Å². The second-order valence-corrected chi connectivity index (χ2v) is 8.41. The molecular formula is C23H26ClN7O3. The Morgan fingerprint density at radius 3 is 2.79 bits per heavy atom. The first kappa shape index (κ1) is 23.7. The summed E-state index contributed by atoms with van der Waals surface area (Å²) in [5.41, 5.74) is 6.76. The zero-order valence-electron chi connectivity index (χ0n) is 19.0. The summed E-state index contributed by atoms with van der Waals surface area (Å²) in [5, 5.41) is 4.15. The Hall–Kier alpha value is -3.50. The van der Waals surface area contributed by atoms with Crippen LogP contribution in [0.2, 0.25) is 5.15 Å². The van der Waals surface area contributed by atoms with E-state index in [1.807, 2.05) is 18.2 Å². The number of anilines is 2. The predicted molar refractivity (Wildman–Crippen MR) is 129 cm³/mol. The van der Waals surface area contributed by atoms with Gasteiger partial charge in [0.05, 0.1) is 23.9 Å². The number of halogens is 1. The topological polar surface area (TPSA) is 127 Å². The Kier molecular flexibility index (Phi) is 6.80. The van der Waals surface area contributed by atoms with Gasteiger partial charge in [-0.2, -0.15) is 0 Å². The van der Waals surface area contributed by atoms with E-state index in [1.54, 1.807) is 37.1 Å². The number of aromatic nitrogens is 3. The first-order chi connectivity index (χ1) is 16.3. The van der Waals surface area contributed by atoms with E-state index in [-0.39, 0.29) is 25.0 Å². The van der Waals surface area contributed by atoms with Gasteiger partial charge < -0.3 is 25.6 Å². The highest BCUT2D eigenvalue weighted by atomic mass is 35.5. The van der Waals surface area contributed by atoms with Gasteiger partial charge in [0.15, 0.2) is 0 Å². The van der Waals surface area contributed by atoms with E-state index in [1.165, 1.54) is 11.2 Å². The molecule has 1 aromatic carbocycles. The molecule has 34 heavy (non-hydrogen) atoms. The third-order valence-electron chi connectivity index (χ3n) is 5.80. The first-order valence-electron chi connectivity index (χ1n) is 10.9. The van der Waals surface area contributed by atoms with E-state index in [9.17, 15) is 9.59 Å². The summed E-state index contributed by atoms with van der Waals surface area (Å²) in [5.74, 6) is -0.118. The monoisotopic (exact) mass is 483 g/mol. The van der Waals surface area contributed by atoms with Crippen LogP contribution in [0.4, 0.5) is 11.5 Å². The zero-order chi connectivity index (χ0) is 24.3. The van der Waals surface area contributed by atoms with Crippen molar-refractivity contribution in [2.45, 2.75) is 26.1 Å².